The van der Waals surface area contributed by atoms with E-state index in [-0.39, 0.29) is 30.8 Å². The van der Waals surface area contributed by atoms with Crippen LogP contribution in [0.1, 0.15) is 54.9 Å². The van der Waals surface area contributed by atoms with Gasteiger partial charge in [0.1, 0.15) is 24.6 Å². The highest BCUT2D eigenvalue weighted by Crippen LogP contribution is 2.18. The molecule has 0 rings (SSSR count). The predicted molar refractivity (Wildman–Crippen MR) is 120 cm³/mol. The predicted octanol–water partition coefficient (Wildman–Crippen LogP) is 2.92. The van der Waals surface area contributed by atoms with Gasteiger partial charge in [0.25, 0.3) is 0 Å². The monoisotopic (exact) mass is 441 g/mol. The molecule has 2 atom stereocenters. The van der Waals surface area contributed by atoms with Crippen molar-refractivity contribution in [2.75, 3.05) is 20.3 Å². The summed E-state index contributed by atoms with van der Waals surface area (Å²) in [6.07, 6.45) is 1.06. The summed E-state index contributed by atoms with van der Waals surface area (Å²) >= 11 is 0. The first kappa shape index (κ1) is 28.4. The van der Waals surface area contributed by atoms with Crippen molar-refractivity contribution in [1.82, 2.24) is 4.90 Å². The molecule has 0 fully saturated rings. The molecule has 0 radical (unpaired) electrons. The van der Waals surface area contributed by atoms with Crippen LogP contribution in [0.3, 0.4) is 0 Å². The largest absolute Gasteiger partial charge is 0.468 e. The SMILES string of the molecule is C=CCOC(=O)N(CC(=O)OC)C(CC(C)C)C(N)=NC(C(=O)OC(C)(C)C)C(C)C. The number of amidine groups is 1. The van der Waals surface area contributed by atoms with Crippen LogP contribution in [0, 0.1) is 11.8 Å². The zero-order valence-electron chi connectivity index (χ0n) is 20.1. The molecule has 0 aromatic carbocycles. The summed E-state index contributed by atoms with van der Waals surface area (Å²) < 4.78 is 15.3. The highest BCUT2D eigenvalue weighted by atomic mass is 16.6. The van der Waals surface area contributed by atoms with Crippen LogP contribution in [0.2, 0.25) is 0 Å². The molecule has 0 aromatic heterocycles. The Labute approximate surface area is 186 Å². The second-order valence-corrected chi connectivity index (χ2v) is 8.99. The maximum absolute atomic E-state index is 12.7. The van der Waals surface area contributed by atoms with Crippen molar-refractivity contribution in [2.24, 2.45) is 22.6 Å². The van der Waals surface area contributed by atoms with Crippen molar-refractivity contribution in [3.63, 3.8) is 0 Å². The molecule has 0 saturated carbocycles. The fourth-order valence-electron chi connectivity index (χ4n) is 2.66. The molecular formula is C22H39N3O6. The van der Waals surface area contributed by atoms with Crippen LogP contribution in [0.4, 0.5) is 4.79 Å². The highest BCUT2D eigenvalue weighted by Gasteiger charge is 2.33. The van der Waals surface area contributed by atoms with E-state index in [1.165, 1.54) is 18.1 Å². The third-order valence-electron chi connectivity index (χ3n) is 4.07. The molecule has 0 spiro atoms. The van der Waals surface area contributed by atoms with Gasteiger partial charge in [0.05, 0.1) is 13.2 Å². The Kier molecular flexibility index (Phi) is 11.9. The third-order valence-corrected chi connectivity index (χ3v) is 4.07. The number of carbonyl (C=O) groups is 3. The summed E-state index contributed by atoms with van der Waals surface area (Å²) in [6.45, 7) is 16.0. The Morgan fingerprint density at radius 3 is 2.16 bits per heavy atom. The van der Waals surface area contributed by atoms with Crippen LogP contribution in [0.15, 0.2) is 17.6 Å². The van der Waals surface area contributed by atoms with E-state index in [1.807, 2.05) is 27.7 Å². The smallest absolute Gasteiger partial charge is 0.411 e. The van der Waals surface area contributed by atoms with Crippen molar-refractivity contribution in [3.8, 4) is 0 Å². The average molecular weight is 442 g/mol. The fourth-order valence-corrected chi connectivity index (χ4v) is 2.66. The van der Waals surface area contributed by atoms with Gasteiger partial charge in [0.2, 0.25) is 0 Å². The number of methoxy groups -OCH3 is 1. The number of hydrogen-bond acceptors (Lipinski definition) is 7. The van der Waals surface area contributed by atoms with Gasteiger partial charge in [-0.1, -0.05) is 40.3 Å². The molecule has 0 aliphatic carbocycles. The van der Waals surface area contributed by atoms with Gasteiger partial charge in [-0.15, -0.1) is 0 Å². The fraction of sp³-hybridized carbons (Fsp3) is 0.727. The first-order valence-electron chi connectivity index (χ1n) is 10.4. The number of aliphatic imine (C=N–C) groups is 1. The number of nitrogens with zero attached hydrogens (tertiary/aromatic N) is 2. The van der Waals surface area contributed by atoms with E-state index >= 15 is 0 Å². The Morgan fingerprint density at radius 2 is 1.74 bits per heavy atom. The Hall–Kier alpha value is -2.58. The summed E-state index contributed by atoms with van der Waals surface area (Å²) in [6, 6.07) is -1.64. The lowest BCUT2D eigenvalue weighted by molar-refractivity contribution is -0.157. The summed E-state index contributed by atoms with van der Waals surface area (Å²) in [5.41, 5.74) is 5.63. The van der Waals surface area contributed by atoms with Crippen molar-refractivity contribution >= 4 is 23.9 Å². The zero-order valence-corrected chi connectivity index (χ0v) is 20.1. The molecule has 0 aromatic rings. The lowest BCUT2D eigenvalue weighted by Gasteiger charge is -2.32. The minimum Gasteiger partial charge on any atom is -0.468 e. The normalized spacial score (nSPS) is 14.1. The lowest BCUT2D eigenvalue weighted by Crippen LogP contribution is -2.51. The number of carbonyl (C=O) groups excluding carboxylic acids is 3. The van der Waals surface area contributed by atoms with Crippen LogP contribution in [0.25, 0.3) is 0 Å². The van der Waals surface area contributed by atoms with Gasteiger partial charge in [0.15, 0.2) is 6.04 Å². The highest BCUT2D eigenvalue weighted by molar-refractivity contribution is 5.92. The number of esters is 2. The maximum Gasteiger partial charge on any atom is 0.411 e. The first-order chi connectivity index (χ1) is 14.2. The van der Waals surface area contributed by atoms with Crippen molar-refractivity contribution in [3.05, 3.63) is 12.7 Å². The van der Waals surface area contributed by atoms with Crippen LogP contribution >= 0.6 is 0 Å². The Balaban J connectivity index is 6.13. The van der Waals surface area contributed by atoms with E-state index in [4.69, 9.17) is 19.9 Å². The average Bonchev–Trinajstić information content (AvgIpc) is 2.64. The van der Waals surface area contributed by atoms with E-state index in [2.05, 4.69) is 11.6 Å². The summed E-state index contributed by atoms with van der Waals surface area (Å²) in [4.78, 5) is 42.9. The molecule has 1 amide bonds. The molecule has 9 heteroatoms. The zero-order chi connectivity index (χ0) is 24.4. The Morgan fingerprint density at radius 1 is 1.16 bits per heavy atom. The summed E-state index contributed by atoms with van der Waals surface area (Å²) in [5.74, 6) is -1.20. The van der Waals surface area contributed by atoms with Gasteiger partial charge >= 0.3 is 18.0 Å². The van der Waals surface area contributed by atoms with Gasteiger partial charge in [0, 0.05) is 0 Å². The number of nitrogens with two attached hydrogens (primary N) is 1. The van der Waals surface area contributed by atoms with Gasteiger partial charge in [-0.25, -0.2) is 9.59 Å². The van der Waals surface area contributed by atoms with Crippen LogP contribution in [-0.2, 0) is 23.8 Å². The van der Waals surface area contributed by atoms with E-state index in [9.17, 15) is 14.4 Å². The van der Waals surface area contributed by atoms with Crippen LogP contribution in [0.5, 0.6) is 0 Å². The molecule has 31 heavy (non-hydrogen) atoms. The maximum atomic E-state index is 12.7. The number of hydrogen-bond donors (Lipinski definition) is 1. The standard InChI is InChI=1S/C22H39N3O6/c1-10-11-30-21(28)25(13-17(26)29-9)16(12-14(2)3)19(23)24-18(15(4)5)20(27)31-22(6,7)8/h10,14-16,18H,1,11-13H2,2-9H3,(H2,23,24). The molecule has 0 aliphatic heterocycles. The summed E-state index contributed by atoms with van der Waals surface area (Å²) in [5, 5.41) is 0. The van der Waals surface area contributed by atoms with Gasteiger partial charge in [-0.2, -0.15) is 0 Å². The number of amides is 1. The molecule has 9 nitrogen and oxygen atoms in total. The molecule has 2 N–H and O–H groups in total. The number of ether oxygens (including phenoxy) is 3. The van der Waals surface area contributed by atoms with Gasteiger partial charge in [-0.05, 0) is 39.0 Å². The second-order valence-electron chi connectivity index (χ2n) is 8.99. The molecular weight excluding hydrogens is 402 g/mol. The molecule has 0 heterocycles. The van der Waals surface area contributed by atoms with Crippen LogP contribution in [-0.4, -0.2) is 66.7 Å². The van der Waals surface area contributed by atoms with Gasteiger partial charge < -0.3 is 19.9 Å². The minimum atomic E-state index is -0.863. The Bertz CT molecular complexity index is 652. The molecule has 0 aliphatic rings. The van der Waals surface area contributed by atoms with E-state index < -0.39 is 35.7 Å². The minimum absolute atomic E-state index is 0.0333. The first-order valence-corrected chi connectivity index (χ1v) is 10.4. The molecule has 178 valence electrons. The summed E-state index contributed by atoms with van der Waals surface area (Å²) in [7, 11) is 1.22. The quantitative estimate of drug-likeness (QED) is 0.172. The van der Waals surface area contributed by atoms with E-state index in [0.717, 1.165) is 0 Å². The second kappa shape index (κ2) is 13.0. The van der Waals surface area contributed by atoms with Crippen molar-refractivity contribution in [2.45, 2.75) is 72.6 Å². The van der Waals surface area contributed by atoms with Crippen LogP contribution < -0.4 is 5.73 Å². The van der Waals surface area contributed by atoms with Crippen molar-refractivity contribution < 1.29 is 28.6 Å². The molecule has 0 saturated heterocycles. The van der Waals surface area contributed by atoms with Gasteiger partial charge in [-0.3, -0.25) is 14.7 Å². The third kappa shape index (κ3) is 10.8. The van der Waals surface area contributed by atoms with Crippen molar-refractivity contribution in [1.29, 1.82) is 0 Å². The molecule has 0 bridgehead atoms. The topological polar surface area (TPSA) is 121 Å². The molecule has 2 unspecified atom stereocenters. The van der Waals surface area contributed by atoms with E-state index in [0.29, 0.717) is 6.42 Å². The number of rotatable bonds is 11. The van der Waals surface area contributed by atoms with E-state index in [1.54, 1.807) is 20.8 Å². The lowest BCUT2D eigenvalue weighted by atomic mass is 10.00.